The molecule has 1 aromatic heterocycles. The predicted octanol–water partition coefficient (Wildman–Crippen LogP) is 4.05. The Morgan fingerprint density at radius 1 is 1.21 bits per heavy atom. The summed E-state index contributed by atoms with van der Waals surface area (Å²) in [5, 5.41) is 3.39. The molecule has 2 nitrogen and oxygen atoms in total. The summed E-state index contributed by atoms with van der Waals surface area (Å²) < 4.78 is 37.3. The number of nitrogens with one attached hydrogen (secondary N) is 1. The lowest BCUT2D eigenvalue weighted by atomic mass is 9.91. The predicted molar refractivity (Wildman–Crippen MR) is 72.6 cm³/mol. The molecular formula is C13H21F3N2S. The summed E-state index contributed by atoms with van der Waals surface area (Å²) in [6.07, 6.45) is -4.13. The first kappa shape index (κ1) is 16.4. The molecule has 0 fully saturated rings. The van der Waals surface area contributed by atoms with Crippen molar-refractivity contribution in [3.8, 4) is 0 Å². The highest BCUT2D eigenvalue weighted by atomic mass is 32.1. The van der Waals surface area contributed by atoms with Crippen LogP contribution in [0.2, 0.25) is 0 Å². The second-order valence-corrected chi connectivity index (χ2v) is 6.77. The minimum Gasteiger partial charge on any atom is -0.312 e. The van der Waals surface area contributed by atoms with Crippen molar-refractivity contribution in [1.82, 2.24) is 10.3 Å². The molecule has 0 amide bonds. The first-order valence-corrected chi connectivity index (χ1v) is 7.21. The SMILES string of the molecule is CCCNCc1sc(CC(F)(F)F)nc1C(C)(C)C. The lowest BCUT2D eigenvalue weighted by molar-refractivity contribution is -0.127. The van der Waals surface area contributed by atoms with E-state index in [0.717, 1.165) is 23.5 Å². The Morgan fingerprint density at radius 2 is 1.84 bits per heavy atom. The van der Waals surface area contributed by atoms with E-state index in [2.05, 4.69) is 17.2 Å². The van der Waals surface area contributed by atoms with Crippen molar-refractivity contribution in [3.05, 3.63) is 15.6 Å². The summed E-state index contributed by atoms with van der Waals surface area (Å²) in [5.41, 5.74) is 0.546. The molecule has 0 spiro atoms. The number of nitrogens with zero attached hydrogens (tertiary/aromatic N) is 1. The third-order valence-electron chi connectivity index (χ3n) is 2.52. The van der Waals surface area contributed by atoms with Gasteiger partial charge < -0.3 is 5.32 Å². The number of hydrogen-bond acceptors (Lipinski definition) is 3. The van der Waals surface area contributed by atoms with Gasteiger partial charge in [0, 0.05) is 16.8 Å². The highest BCUT2D eigenvalue weighted by molar-refractivity contribution is 7.11. The van der Waals surface area contributed by atoms with E-state index in [4.69, 9.17) is 0 Å². The molecule has 0 unspecified atom stereocenters. The maximum Gasteiger partial charge on any atom is 0.395 e. The van der Waals surface area contributed by atoms with Crippen molar-refractivity contribution in [2.24, 2.45) is 0 Å². The van der Waals surface area contributed by atoms with Crippen LogP contribution in [0.15, 0.2) is 0 Å². The van der Waals surface area contributed by atoms with Crippen LogP contribution < -0.4 is 5.32 Å². The van der Waals surface area contributed by atoms with Gasteiger partial charge >= 0.3 is 6.18 Å². The normalized spacial score (nSPS) is 13.0. The van der Waals surface area contributed by atoms with E-state index in [9.17, 15) is 13.2 Å². The molecule has 1 N–H and O–H groups in total. The van der Waals surface area contributed by atoms with Crippen molar-refractivity contribution in [2.75, 3.05) is 6.54 Å². The zero-order chi connectivity index (χ0) is 14.7. The summed E-state index contributed by atoms with van der Waals surface area (Å²) in [4.78, 5) is 5.12. The van der Waals surface area contributed by atoms with Crippen molar-refractivity contribution in [3.63, 3.8) is 0 Å². The van der Waals surface area contributed by atoms with Gasteiger partial charge in [-0.1, -0.05) is 27.7 Å². The minimum absolute atomic E-state index is 0.158. The molecule has 110 valence electrons. The van der Waals surface area contributed by atoms with Gasteiger partial charge in [0.25, 0.3) is 0 Å². The van der Waals surface area contributed by atoms with Crippen LogP contribution >= 0.6 is 11.3 Å². The van der Waals surface area contributed by atoms with E-state index in [1.807, 2.05) is 20.8 Å². The van der Waals surface area contributed by atoms with Gasteiger partial charge in [-0.3, -0.25) is 0 Å². The number of thiazole rings is 1. The van der Waals surface area contributed by atoms with E-state index in [1.54, 1.807) is 0 Å². The highest BCUT2D eigenvalue weighted by Gasteiger charge is 2.31. The second kappa shape index (κ2) is 6.22. The van der Waals surface area contributed by atoms with E-state index in [0.29, 0.717) is 6.54 Å². The fourth-order valence-corrected chi connectivity index (χ4v) is 3.01. The van der Waals surface area contributed by atoms with E-state index < -0.39 is 12.6 Å². The Labute approximate surface area is 116 Å². The lowest BCUT2D eigenvalue weighted by Crippen LogP contribution is -2.19. The van der Waals surface area contributed by atoms with Gasteiger partial charge in [-0.25, -0.2) is 4.98 Å². The van der Waals surface area contributed by atoms with Gasteiger partial charge in [0.15, 0.2) is 0 Å². The van der Waals surface area contributed by atoms with Crippen LogP contribution in [0.5, 0.6) is 0 Å². The average molecular weight is 294 g/mol. The summed E-state index contributed by atoms with van der Waals surface area (Å²) in [6.45, 7) is 9.43. The van der Waals surface area contributed by atoms with Gasteiger partial charge in [0.2, 0.25) is 0 Å². The number of aromatic nitrogens is 1. The summed E-state index contributed by atoms with van der Waals surface area (Å²) >= 11 is 1.17. The van der Waals surface area contributed by atoms with Crippen LogP contribution in [-0.2, 0) is 18.4 Å². The lowest BCUT2D eigenvalue weighted by Gasteiger charge is -2.17. The molecule has 0 aliphatic rings. The Kier molecular flexibility index (Phi) is 5.38. The molecule has 1 rings (SSSR count). The third kappa shape index (κ3) is 5.48. The van der Waals surface area contributed by atoms with Crippen LogP contribution in [0.1, 0.15) is 49.7 Å². The quantitative estimate of drug-likeness (QED) is 0.829. The summed E-state index contributed by atoms with van der Waals surface area (Å²) in [5.74, 6) is 0. The van der Waals surface area contributed by atoms with Gasteiger partial charge in [-0.2, -0.15) is 13.2 Å². The zero-order valence-electron chi connectivity index (χ0n) is 11.8. The number of halogens is 3. The molecule has 19 heavy (non-hydrogen) atoms. The first-order valence-electron chi connectivity index (χ1n) is 6.40. The fourth-order valence-electron chi connectivity index (χ4n) is 1.73. The van der Waals surface area contributed by atoms with Gasteiger partial charge in [-0.15, -0.1) is 11.3 Å². The minimum atomic E-state index is -4.19. The molecule has 0 radical (unpaired) electrons. The topological polar surface area (TPSA) is 24.9 Å². The van der Waals surface area contributed by atoms with Crippen molar-refractivity contribution >= 4 is 11.3 Å². The third-order valence-corrected chi connectivity index (χ3v) is 3.57. The Morgan fingerprint density at radius 3 is 2.32 bits per heavy atom. The van der Waals surface area contributed by atoms with Crippen LogP contribution in [0.25, 0.3) is 0 Å². The number of hydrogen-bond donors (Lipinski definition) is 1. The highest BCUT2D eigenvalue weighted by Crippen LogP contribution is 2.32. The monoisotopic (exact) mass is 294 g/mol. The molecule has 0 saturated carbocycles. The van der Waals surface area contributed by atoms with E-state index in [-0.39, 0.29) is 10.4 Å². The molecule has 0 bridgehead atoms. The maximum absolute atomic E-state index is 12.4. The first-order chi connectivity index (χ1) is 8.63. The van der Waals surface area contributed by atoms with Crippen LogP contribution in [0.3, 0.4) is 0 Å². The summed E-state index contributed by atoms with van der Waals surface area (Å²) in [7, 11) is 0. The standard InChI is InChI=1S/C13H21F3N2S/c1-5-6-17-8-9-11(12(2,3)4)18-10(19-9)7-13(14,15)16/h17H,5-8H2,1-4H3. The fraction of sp³-hybridized carbons (Fsp3) is 0.769. The number of alkyl halides is 3. The molecule has 0 aliphatic carbocycles. The molecule has 0 atom stereocenters. The van der Waals surface area contributed by atoms with Gasteiger partial charge in [-0.05, 0) is 13.0 Å². The Balaban J connectivity index is 2.93. The summed E-state index contributed by atoms with van der Waals surface area (Å²) in [6, 6.07) is 0. The maximum atomic E-state index is 12.4. The Hall–Kier alpha value is -0.620. The average Bonchev–Trinajstić information content (AvgIpc) is 2.58. The van der Waals surface area contributed by atoms with E-state index >= 15 is 0 Å². The van der Waals surface area contributed by atoms with Crippen molar-refractivity contribution in [1.29, 1.82) is 0 Å². The molecular weight excluding hydrogens is 273 g/mol. The van der Waals surface area contributed by atoms with Crippen LogP contribution in [-0.4, -0.2) is 17.7 Å². The van der Waals surface area contributed by atoms with Crippen molar-refractivity contribution in [2.45, 2.75) is 58.7 Å². The smallest absolute Gasteiger partial charge is 0.312 e. The largest absolute Gasteiger partial charge is 0.395 e. The van der Waals surface area contributed by atoms with Gasteiger partial charge in [0.1, 0.15) is 5.01 Å². The molecule has 0 aromatic carbocycles. The zero-order valence-corrected chi connectivity index (χ0v) is 12.6. The van der Waals surface area contributed by atoms with Crippen LogP contribution in [0, 0.1) is 0 Å². The molecule has 0 saturated heterocycles. The molecule has 1 aromatic rings. The second-order valence-electron chi connectivity index (χ2n) is 5.60. The van der Waals surface area contributed by atoms with Crippen molar-refractivity contribution < 1.29 is 13.2 Å². The molecule has 6 heteroatoms. The van der Waals surface area contributed by atoms with Crippen LogP contribution in [0.4, 0.5) is 13.2 Å². The van der Waals surface area contributed by atoms with E-state index in [1.165, 1.54) is 11.3 Å². The Bertz CT molecular complexity index is 405. The molecule has 1 heterocycles. The number of rotatable bonds is 5. The molecule has 0 aliphatic heterocycles. The van der Waals surface area contributed by atoms with Gasteiger partial charge in [0.05, 0.1) is 12.1 Å².